The van der Waals surface area contributed by atoms with E-state index < -0.39 is 54.4 Å². The maximum atomic E-state index is 15.2. The van der Waals surface area contributed by atoms with Crippen molar-refractivity contribution in [3.05, 3.63) is 76.9 Å². The molecule has 0 spiro atoms. The van der Waals surface area contributed by atoms with E-state index in [-0.39, 0.29) is 11.5 Å². The van der Waals surface area contributed by atoms with Crippen LogP contribution in [0.1, 0.15) is 44.1 Å². The molecular weight excluding hydrogens is 616 g/mol. The molecule has 2 aromatic rings. The van der Waals surface area contributed by atoms with E-state index >= 15 is 4.39 Å². The lowest BCUT2D eigenvalue weighted by Gasteiger charge is -2.33. The van der Waals surface area contributed by atoms with Gasteiger partial charge in [-0.25, -0.2) is 14.3 Å². The number of aliphatic hydroxyl groups excluding tert-OH is 1. The SMILES string of the molecule is CO[C@]1(C(F)(F)F)C[C@H](C(=O)Nc2cc(C(N)(CCC3CC3)C3=CC=NC=CC3)ccc2F)N(C(O)Nc2ccc(Cl)cn2)C1. The van der Waals surface area contributed by atoms with E-state index in [1.807, 2.05) is 12.2 Å². The minimum atomic E-state index is -4.89. The lowest BCUT2D eigenvalue weighted by atomic mass is 9.77. The fourth-order valence-electron chi connectivity index (χ4n) is 5.81. The van der Waals surface area contributed by atoms with Gasteiger partial charge in [-0.1, -0.05) is 36.6 Å². The van der Waals surface area contributed by atoms with Gasteiger partial charge in [-0.15, -0.1) is 0 Å². The Bertz CT molecular complexity index is 1480. The number of likely N-dealkylation sites (tertiary alicyclic amines) is 1. The van der Waals surface area contributed by atoms with E-state index in [0.29, 0.717) is 29.3 Å². The van der Waals surface area contributed by atoms with Gasteiger partial charge >= 0.3 is 6.18 Å². The molecule has 45 heavy (non-hydrogen) atoms. The number of aliphatic imine (C=N–C) groups is 1. The van der Waals surface area contributed by atoms with Crippen LogP contribution in [0.25, 0.3) is 0 Å². The largest absolute Gasteiger partial charge is 0.418 e. The van der Waals surface area contributed by atoms with Crippen molar-refractivity contribution in [2.75, 3.05) is 24.3 Å². The van der Waals surface area contributed by atoms with E-state index in [0.717, 1.165) is 36.8 Å². The van der Waals surface area contributed by atoms with Gasteiger partial charge in [-0.05, 0) is 66.7 Å². The predicted molar refractivity (Wildman–Crippen MR) is 163 cm³/mol. The van der Waals surface area contributed by atoms with E-state index in [1.165, 1.54) is 30.5 Å². The zero-order chi connectivity index (χ0) is 32.4. The second-order valence-electron chi connectivity index (χ2n) is 11.7. The molecule has 5 rings (SSSR count). The first kappa shape index (κ1) is 33.0. The number of hydrogen-bond acceptors (Lipinski definition) is 8. The number of carbonyl (C=O) groups is 1. The van der Waals surface area contributed by atoms with Crippen LogP contribution >= 0.6 is 11.6 Å². The molecule has 1 aromatic carbocycles. The number of halogens is 5. The van der Waals surface area contributed by atoms with Gasteiger partial charge in [0.15, 0.2) is 12.0 Å². The molecule has 242 valence electrons. The summed E-state index contributed by atoms with van der Waals surface area (Å²) in [7, 11) is 0.889. The van der Waals surface area contributed by atoms with Crippen LogP contribution in [0.4, 0.5) is 29.1 Å². The summed E-state index contributed by atoms with van der Waals surface area (Å²) in [5, 5.41) is 16.3. The van der Waals surface area contributed by atoms with Crippen molar-refractivity contribution >= 4 is 35.2 Å². The second-order valence-corrected chi connectivity index (χ2v) is 12.1. The zero-order valence-corrected chi connectivity index (χ0v) is 25.3. The standard InChI is InChI=1S/C31H35ClF4N6O3/c1-45-29(31(34,35)36)16-25(42(18-29)28(44)41-26-9-7-22(32)17-39-26)27(43)40-24-15-21(6-8-23(24)33)30(37,12-10-19-4-5-19)20-3-2-13-38-14-11-20/h2,6-9,11,13-15,17,19,25,28,44H,3-5,10,12,16,18,37H2,1H3,(H,39,41)(H,40,43)/t25-,28?,29-,30?/m1/s1. The molecule has 1 amide bonds. The first-order valence-corrected chi connectivity index (χ1v) is 14.9. The molecule has 9 nitrogen and oxygen atoms in total. The lowest BCUT2D eigenvalue weighted by Crippen LogP contribution is -2.52. The third-order valence-corrected chi connectivity index (χ3v) is 8.96. The lowest BCUT2D eigenvalue weighted by molar-refractivity contribution is -0.265. The van der Waals surface area contributed by atoms with Crippen LogP contribution in [0.15, 0.2) is 65.4 Å². The first-order valence-electron chi connectivity index (χ1n) is 14.6. The summed E-state index contributed by atoms with van der Waals surface area (Å²) in [4.78, 5) is 22.7. The van der Waals surface area contributed by atoms with Gasteiger partial charge in [0.1, 0.15) is 11.6 Å². The highest BCUT2D eigenvalue weighted by molar-refractivity contribution is 6.30. The number of aliphatic hydroxyl groups is 1. The van der Waals surface area contributed by atoms with Crippen molar-refractivity contribution in [3.63, 3.8) is 0 Å². The summed E-state index contributed by atoms with van der Waals surface area (Å²) >= 11 is 5.85. The monoisotopic (exact) mass is 650 g/mol. The number of methoxy groups -OCH3 is 1. The number of carbonyl (C=O) groups excluding carboxylic acids is 1. The number of aromatic nitrogens is 1. The van der Waals surface area contributed by atoms with Gasteiger partial charge < -0.3 is 26.2 Å². The minimum Gasteiger partial charge on any atom is -0.367 e. The Morgan fingerprint density at radius 1 is 1.29 bits per heavy atom. The van der Waals surface area contributed by atoms with Crippen LogP contribution in [-0.4, -0.2) is 64.9 Å². The van der Waals surface area contributed by atoms with Crippen molar-refractivity contribution < 1.29 is 32.2 Å². The number of rotatable bonds is 11. The minimum absolute atomic E-state index is 0.102. The number of benzene rings is 1. The van der Waals surface area contributed by atoms with Crippen LogP contribution in [0.5, 0.6) is 0 Å². The van der Waals surface area contributed by atoms with Gasteiger partial charge in [0.2, 0.25) is 5.91 Å². The molecule has 0 radical (unpaired) electrons. The number of amides is 1. The number of anilines is 2. The number of pyridine rings is 1. The molecule has 1 saturated carbocycles. The van der Waals surface area contributed by atoms with E-state index in [2.05, 4.69) is 20.6 Å². The summed E-state index contributed by atoms with van der Waals surface area (Å²) in [5.41, 5.74) is 4.41. The molecule has 2 fully saturated rings. The number of hydrogen-bond donors (Lipinski definition) is 4. The van der Waals surface area contributed by atoms with Crippen LogP contribution in [0.3, 0.4) is 0 Å². The number of alkyl halides is 3. The maximum Gasteiger partial charge on any atom is 0.418 e. The average Bonchev–Trinajstić information content (AvgIpc) is 3.80. The summed E-state index contributed by atoms with van der Waals surface area (Å²) in [6.45, 7) is -0.883. The summed E-state index contributed by atoms with van der Waals surface area (Å²) < 4.78 is 63.0. The fourth-order valence-corrected chi connectivity index (χ4v) is 5.92. The van der Waals surface area contributed by atoms with Gasteiger partial charge in [0.05, 0.1) is 22.3 Å². The molecular formula is C31H35ClF4N6O3. The highest BCUT2D eigenvalue weighted by atomic mass is 35.5. The summed E-state index contributed by atoms with van der Waals surface area (Å²) in [5.74, 6) is -1.10. The molecule has 1 aromatic heterocycles. The molecule has 4 atom stereocenters. The van der Waals surface area contributed by atoms with E-state index in [4.69, 9.17) is 22.1 Å². The number of nitrogens with two attached hydrogens (primary N) is 1. The van der Waals surface area contributed by atoms with Crippen LogP contribution < -0.4 is 16.4 Å². The molecule has 0 bridgehead atoms. The highest BCUT2D eigenvalue weighted by Crippen LogP contribution is 2.45. The second kappa shape index (κ2) is 13.2. The molecule has 5 N–H and O–H groups in total. The van der Waals surface area contributed by atoms with Crippen LogP contribution in [-0.2, 0) is 15.1 Å². The van der Waals surface area contributed by atoms with Crippen molar-refractivity contribution in [1.82, 2.24) is 9.88 Å². The Hall–Kier alpha value is -3.36. The summed E-state index contributed by atoms with van der Waals surface area (Å²) in [6, 6.07) is 5.46. The van der Waals surface area contributed by atoms with Crippen molar-refractivity contribution in [1.29, 1.82) is 0 Å². The Morgan fingerprint density at radius 2 is 2.07 bits per heavy atom. The molecule has 1 saturated heterocycles. The first-order chi connectivity index (χ1) is 21.3. The molecule has 3 heterocycles. The van der Waals surface area contributed by atoms with Crippen molar-refractivity contribution in [2.24, 2.45) is 16.6 Å². The maximum absolute atomic E-state index is 15.2. The molecule has 2 aliphatic heterocycles. The Labute approximate surface area is 263 Å². The number of nitrogens with zero attached hydrogens (tertiary/aromatic N) is 3. The molecule has 3 aliphatic rings. The van der Waals surface area contributed by atoms with E-state index in [9.17, 15) is 23.1 Å². The zero-order valence-electron chi connectivity index (χ0n) is 24.5. The van der Waals surface area contributed by atoms with Gasteiger partial charge in [0, 0.05) is 38.7 Å². The van der Waals surface area contributed by atoms with Crippen LogP contribution in [0.2, 0.25) is 5.02 Å². The van der Waals surface area contributed by atoms with Gasteiger partial charge in [-0.3, -0.25) is 9.79 Å². The Balaban J connectivity index is 1.43. The van der Waals surface area contributed by atoms with Crippen LogP contribution in [0, 0.1) is 11.7 Å². The number of nitrogens with one attached hydrogen (secondary N) is 2. The summed E-state index contributed by atoms with van der Waals surface area (Å²) in [6.07, 6.45) is 4.94. The van der Waals surface area contributed by atoms with Gasteiger partial charge in [0.25, 0.3) is 0 Å². The molecule has 1 aliphatic carbocycles. The number of ether oxygens (including phenoxy) is 1. The van der Waals surface area contributed by atoms with Crippen molar-refractivity contribution in [2.45, 2.75) is 68.2 Å². The fraction of sp³-hybridized carbons (Fsp3) is 0.452. The predicted octanol–water partition coefficient (Wildman–Crippen LogP) is 5.48. The highest BCUT2D eigenvalue weighted by Gasteiger charge is 2.63. The Kier molecular flexibility index (Phi) is 9.66. The number of allylic oxidation sites excluding steroid dienone is 2. The Morgan fingerprint density at radius 3 is 2.73 bits per heavy atom. The average molecular weight is 651 g/mol. The third-order valence-electron chi connectivity index (χ3n) is 8.74. The van der Waals surface area contributed by atoms with Crippen molar-refractivity contribution in [3.8, 4) is 0 Å². The van der Waals surface area contributed by atoms with E-state index in [1.54, 1.807) is 18.5 Å². The van der Waals surface area contributed by atoms with Gasteiger partial charge in [-0.2, -0.15) is 13.2 Å². The topological polar surface area (TPSA) is 125 Å². The quantitative estimate of drug-likeness (QED) is 0.188. The normalized spacial score (nSPS) is 24.1. The molecule has 2 unspecified atom stereocenters. The third kappa shape index (κ3) is 7.23. The molecule has 14 heteroatoms. The smallest absolute Gasteiger partial charge is 0.367 e.